The molecular weight excluding hydrogens is 268 g/mol. The summed E-state index contributed by atoms with van der Waals surface area (Å²) >= 11 is 0. The van der Waals surface area contributed by atoms with Crippen LogP contribution in [0.2, 0.25) is 0 Å². The highest BCUT2D eigenvalue weighted by molar-refractivity contribution is 6.33. The molecule has 104 valence electrons. The zero-order chi connectivity index (χ0) is 14.3. The van der Waals surface area contributed by atoms with Crippen LogP contribution in [0.4, 0.5) is 13.2 Å². The second-order valence-electron chi connectivity index (χ2n) is 4.91. The highest BCUT2D eigenvalue weighted by Gasteiger charge is 2.39. The van der Waals surface area contributed by atoms with Gasteiger partial charge in [-0.1, -0.05) is 17.6 Å². The molecule has 2 radical (unpaired) electrons. The second-order valence-corrected chi connectivity index (χ2v) is 4.91. The Morgan fingerprint density at radius 3 is 2.60 bits per heavy atom. The number of benzene rings is 1. The van der Waals surface area contributed by atoms with Crippen LogP contribution in [-0.2, 0) is 10.9 Å². The van der Waals surface area contributed by atoms with Crippen LogP contribution in [0.3, 0.4) is 0 Å². The third-order valence-electron chi connectivity index (χ3n) is 3.53. The molecule has 0 bridgehead atoms. The van der Waals surface area contributed by atoms with Crippen LogP contribution < -0.4 is 5.46 Å². The second kappa shape index (κ2) is 4.80. The van der Waals surface area contributed by atoms with E-state index in [-0.39, 0.29) is 16.9 Å². The standard InChI is InChI=1S/C13H12BF3N2O/c14-8-1-2-10-11(7-8)18-19(12(10)13(15,16)17)9-3-5-20-6-4-9/h1-2,7,9H,3-6H2. The van der Waals surface area contributed by atoms with Gasteiger partial charge in [0.2, 0.25) is 0 Å². The van der Waals surface area contributed by atoms with Crippen molar-refractivity contribution in [2.45, 2.75) is 25.1 Å². The first-order valence-corrected chi connectivity index (χ1v) is 6.39. The summed E-state index contributed by atoms with van der Waals surface area (Å²) < 4.78 is 46.3. The first-order valence-electron chi connectivity index (χ1n) is 6.39. The predicted molar refractivity (Wildman–Crippen MR) is 69.2 cm³/mol. The van der Waals surface area contributed by atoms with E-state index in [0.717, 1.165) is 4.68 Å². The number of fused-ring (bicyclic) bond motifs is 1. The van der Waals surface area contributed by atoms with Crippen molar-refractivity contribution in [2.75, 3.05) is 13.2 Å². The third-order valence-corrected chi connectivity index (χ3v) is 3.53. The summed E-state index contributed by atoms with van der Waals surface area (Å²) in [7, 11) is 5.62. The molecule has 0 unspecified atom stereocenters. The van der Waals surface area contributed by atoms with Crippen LogP contribution >= 0.6 is 0 Å². The van der Waals surface area contributed by atoms with Gasteiger partial charge in [0.05, 0.1) is 11.6 Å². The fraction of sp³-hybridized carbons (Fsp3) is 0.462. The van der Waals surface area contributed by atoms with Gasteiger partial charge in [0, 0.05) is 18.6 Å². The zero-order valence-electron chi connectivity index (χ0n) is 10.7. The molecule has 20 heavy (non-hydrogen) atoms. The molecule has 0 N–H and O–H groups in total. The minimum atomic E-state index is -4.44. The predicted octanol–water partition coefficient (Wildman–Crippen LogP) is 2.20. The Hall–Kier alpha value is -1.50. The summed E-state index contributed by atoms with van der Waals surface area (Å²) in [5.74, 6) is 0. The Kier molecular flexibility index (Phi) is 3.24. The summed E-state index contributed by atoms with van der Waals surface area (Å²) in [6, 6.07) is 4.04. The first-order chi connectivity index (χ1) is 9.47. The molecule has 2 heterocycles. The number of nitrogens with zero attached hydrogens (tertiary/aromatic N) is 2. The molecule has 1 aromatic carbocycles. The van der Waals surface area contributed by atoms with Gasteiger partial charge in [-0.3, -0.25) is 4.68 Å². The normalized spacial score (nSPS) is 17.8. The lowest BCUT2D eigenvalue weighted by atomic mass is 9.95. The monoisotopic (exact) mass is 280 g/mol. The van der Waals surface area contributed by atoms with Crippen LogP contribution in [0.15, 0.2) is 18.2 Å². The molecule has 1 saturated heterocycles. The van der Waals surface area contributed by atoms with E-state index < -0.39 is 11.9 Å². The van der Waals surface area contributed by atoms with Gasteiger partial charge < -0.3 is 4.74 Å². The summed E-state index contributed by atoms with van der Waals surface area (Å²) in [4.78, 5) is 0. The smallest absolute Gasteiger partial charge is 0.381 e. The number of hydrogen-bond acceptors (Lipinski definition) is 2. The lowest BCUT2D eigenvalue weighted by molar-refractivity contribution is -0.144. The van der Waals surface area contributed by atoms with E-state index in [9.17, 15) is 13.2 Å². The quantitative estimate of drug-likeness (QED) is 0.749. The van der Waals surface area contributed by atoms with Crippen molar-refractivity contribution in [2.24, 2.45) is 0 Å². The first kappa shape index (κ1) is 13.5. The van der Waals surface area contributed by atoms with Crippen molar-refractivity contribution in [3.63, 3.8) is 0 Å². The van der Waals surface area contributed by atoms with Gasteiger partial charge in [-0.25, -0.2) is 0 Å². The van der Waals surface area contributed by atoms with E-state index >= 15 is 0 Å². The van der Waals surface area contributed by atoms with Crippen LogP contribution in [0.25, 0.3) is 10.9 Å². The van der Waals surface area contributed by atoms with Crippen LogP contribution in [0.5, 0.6) is 0 Å². The molecule has 1 aliphatic rings. The van der Waals surface area contributed by atoms with E-state index in [1.54, 1.807) is 0 Å². The molecule has 3 nitrogen and oxygen atoms in total. The SMILES string of the molecule is [B]c1ccc2c(C(F)(F)F)n(C3CCOCC3)nc2c1. The summed E-state index contributed by atoms with van der Waals surface area (Å²) in [6.07, 6.45) is -3.37. The molecule has 0 saturated carbocycles. The molecule has 0 spiro atoms. The van der Waals surface area contributed by atoms with E-state index in [0.29, 0.717) is 31.5 Å². The van der Waals surface area contributed by atoms with Crippen LogP contribution in [-0.4, -0.2) is 30.8 Å². The summed E-state index contributed by atoms with van der Waals surface area (Å²) in [5, 5.41) is 4.22. The fourth-order valence-electron chi connectivity index (χ4n) is 2.60. The van der Waals surface area contributed by atoms with E-state index in [1.807, 2.05) is 0 Å². The lowest BCUT2D eigenvalue weighted by Crippen LogP contribution is -2.25. The van der Waals surface area contributed by atoms with Gasteiger partial charge in [-0.05, 0) is 18.9 Å². The maximum absolute atomic E-state index is 13.3. The number of rotatable bonds is 1. The highest BCUT2D eigenvalue weighted by atomic mass is 19.4. The fourth-order valence-corrected chi connectivity index (χ4v) is 2.60. The maximum atomic E-state index is 13.3. The third kappa shape index (κ3) is 2.30. The van der Waals surface area contributed by atoms with E-state index in [2.05, 4.69) is 5.10 Å². The van der Waals surface area contributed by atoms with Crippen molar-refractivity contribution < 1.29 is 17.9 Å². The molecule has 1 fully saturated rings. The zero-order valence-corrected chi connectivity index (χ0v) is 10.7. The van der Waals surface area contributed by atoms with Gasteiger partial charge in [-0.2, -0.15) is 18.3 Å². The molecule has 0 amide bonds. The number of aromatic nitrogens is 2. The Labute approximate surface area is 115 Å². The topological polar surface area (TPSA) is 27.1 Å². The Balaban J connectivity index is 2.18. The lowest BCUT2D eigenvalue weighted by Gasteiger charge is -2.24. The van der Waals surface area contributed by atoms with Gasteiger partial charge in [0.25, 0.3) is 0 Å². The van der Waals surface area contributed by atoms with Crippen molar-refractivity contribution in [1.82, 2.24) is 9.78 Å². The molecule has 3 rings (SSSR count). The van der Waals surface area contributed by atoms with Gasteiger partial charge in [0.1, 0.15) is 7.85 Å². The summed E-state index contributed by atoms with van der Waals surface area (Å²) in [6.45, 7) is 0.917. The largest absolute Gasteiger partial charge is 0.433 e. The molecular formula is C13H12BF3N2O. The Bertz CT molecular complexity index is 632. The molecule has 0 atom stereocenters. The Morgan fingerprint density at radius 1 is 1.25 bits per heavy atom. The van der Waals surface area contributed by atoms with Gasteiger partial charge in [0.15, 0.2) is 5.69 Å². The van der Waals surface area contributed by atoms with Crippen LogP contribution in [0, 0.1) is 0 Å². The summed E-state index contributed by atoms with van der Waals surface area (Å²) in [5.41, 5.74) is -0.00827. The van der Waals surface area contributed by atoms with Crippen molar-refractivity contribution in [3.05, 3.63) is 23.9 Å². The number of alkyl halides is 3. The highest BCUT2D eigenvalue weighted by Crippen LogP contribution is 2.37. The van der Waals surface area contributed by atoms with E-state index in [1.165, 1.54) is 18.2 Å². The molecule has 7 heteroatoms. The minimum Gasteiger partial charge on any atom is -0.381 e. The minimum absolute atomic E-state index is 0.0955. The maximum Gasteiger partial charge on any atom is 0.433 e. The van der Waals surface area contributed by atoms with Crippen molar-refractivity contribution in [1.29, 1.82) is 0 Å². The average Bonchev–Trinajstić information content (AvgIpc) is 2.78. The molecule has 2 aromatic rings. The van der Waals surface area contributed by atoms with E-state index in [4.69, 9.17) is 12.6 Å². The van der Waals surface area contributed by atoms with Crippen LogP contribution in [0.1, 0.15) is 24.6 Å². The van der Waals surface area contributed by atoms with Gasteiger partial charge in [-0.15, -0.1) is 0 Å². The molecule has 1 aromatic heterocycles. The van der Waals surface area contributed by atoms with Gasteiger partial charge >= 0.3 is 6.18 Å². The number of ether oxygens (including phenoxy) is 1. The molecule has 1 aliphatic heterocycles. The Morgan fingerprint density at radius 2 is 1.95 bits per heavy atom. The molecule has 0 aliphatic carbocycles. The number of hydrogen-bond donors (Lipinski definition) is 0. The van der Waals surface area contributed by atoms with Crippen molar-refractivity contribution in [3.8, 4) is 0 Å². The number of halogens is 3. The van der Waals surface area contributed by atoms with Crippen molar-refractivity contribution >= 4 is 24.2 Å². The average molecular weight is 280 g/mol.